The Kier molecular flexibility index (Phi) is 2.59. The fourth-order valence-electron chi connectivity index (χ4n) is 0. The van der Waals surface area contributed by atoms with Crippen molar-refractivity contribution in [1.82, 2.24) is 0 Å². The third kappa shape index (κ3) is 34.0. The minimum atomic E-state index is -4.40. The van der Waals surface area contributed by atoms with Gasteiger partial charge in [-0.3, -0.25) is 0 Å². The molecule has 40 valence electrons. The Morgan fingerprint density at radius 2 is 0.667 bits per heavy atom. The van der Waals surface area contributed by atoms with E-state index in [4.69, 9.17) is 44.6 Å². The first kappa shape index (κ1) is 8.25. The maximum absolute atomic E-state index is 5.06. The Balaban J connectivity index is 3.73. The van der Waals surface area contributed by atoms with Gasteiger partial charge in [-0.2, -0.15) is 0 Å². The summed E-state index contributed by atoms with van der Waals surface area (Å²) in [5.74, 6) is 0. The summed E-state index contributed by atoms with van der Waals surface area (Å²) in [6.07, 6.45) is 0. The molecule has 0 aromatic heterocycles. The monoisotopic (exact) mass is 295 g/mol. The number of hydrogen-bond donors (Lipinski definition) is 0. The summed E-state index contributed by atoms with van der Waals surface area (Å²) in [5, 5.41) is 0. The van der Waals surface area contributed by atoms with E-state index in [0.717, 1.165) is 0 Å². The summed E-state index contributed by atoms with van der Waals surface area (Å²) in [6.45, 7) is 0. The normalized spacial score (nSPS) is 19.2. The van der Waals surface area contributed by atoms with Gasteiger partial charge >= 0.3 is 56.0 Å². The van der Waals surface area contributed by atoms with E-state index >= 15 is 0 Å². The first-order valence-electron chi connectivity index (χ1n) is 0.945. The first-order valence-corrected chi connectivity index (χ1v) is 19.0. The van der Waals surface area contributed by atoms with Crippen LogP contribution in [0.3, 0.4) is 0 Å². The van der Waals surface area contributed by atoms with Crippen LogP contribution in [0.2, 0.25) is 0 Å². The Bertz CT molecular complexity index is 37.1. The molecule has 0 rings (SSSR count). The number of rotatable bonds is 0. The summed E-state index contributed by atoms with van der Waals surface area (Å²) in [5.41, 5.74) is 0. The molecule has 0 bridgehead atoms. The summed E-state index contributed by atoms with van der Waals surface area (Å²) in [4.78, 5) is 0. The van der Waals surface area contributed by atoms with E-state index < -0.39 is 11.4 Å². The van der Waals surface area contributed by atoms with E-state index in [1.807, 2.05) is 0 Å². The van der Waals surface area contributed by atoms with E-state index in [1.165, 1.54) is 0 Å². The van der Waals surface area contributed by atoms with Crippen molar-refractivity contribution in [2.45, 2.75) is 0 Å². The van der Waals surface area contributed by atoms with Crippen molar-refractivity contribution < 1.29 is 0 Å². The Morgan fingerprint density at radius 1 is 0.667 bits per heavy atom. The predicted molar refractivity (Wildman–Crippen MR) is 35.0 cm³/mol. The van der Waals surface area contributed by atoms with Gasteiger partial charge in [-0.1, -0.05) is 0 Å². The van der Waals surface area contributed by atoms with Crippen LogP contribution >= 0.6 is 44.6 Å². The molecule has 6 heavy (non-hydrogen) atoms. The molecule has 0 aromatic carbocycles. The van der Waals surface area contributed by atoms with Gasteiger partial charge in [-0.15, -0.1) is 0 Å². The fourth-order valence-corrected chi connectivity index (χ4v) is 0. The molecule has 0 aliphatic carbocycles. The van der Waals surface area contributed by atoms with Crippen LogP contribution in [0.1, 0.15) is 0 Å². The van der Waals surface area contributed by atoms with Gasteiger partial charge in [-0.25, -0.2) is 0 Å². The second-order valence-corrected chi connectivity index (χ2v) is 43.1. The fraction of sp³-hybridized carbons (Fsp3) is 0. The average molecular weight is 296 g/mol. The van der Waals surface area contributed by atoms with Gasteiger partial charge in [0.1, 0.15) is 0 Å². The zero-order valence-electron chi connectivity index (χ0n) is 2.39. The number of halogens is 5. The molecule has 0 aliphatic heterocycles. The van der Waals surface area contributed by atoms with Crippen LogP contribution in [0.4, 0.5) is 0 Å². The minimum absolute atomic E-state index is 4.40. The van der Waals surface area contributed by atoms with E-state index in [-0.39, 0.29) is 0 Å². The van der Waals surface area contributed by atoms with Crippen LogP contribution in [-0.4, -0.2) is 11.4 Å². The molecule has 0 radical (unpaired) electrons. The standard InChI is InChI=1S/5ClH.Sn/h5*1H;/q;;;;;+4/p-5. The molecule has 0 aliphatic rings. The molecule has 0 N–H and O–H groups in total. The topological polar surface area (TPSA) is 0 Å². The molecule has 0 nitrogen and oxygen atoms in total. The molecule has 0 unspecified atom stereocenters. The Labute approximate surface area is 55.2 Å². The first-order chi connectivity index (χ1) is 2.24. The summed E-state index contributed by atoms with van der Waals surface area (Å²) >= 11 is -4.40. The van der Waals surface area contributed by atoms with E-state index in [0.29, 0.717) is 0 Å². The molecule has 0 saturated carbocycles. The van der Waals surface area contributed by atoms with E-state index in [9.17, 15) is 0 Å². The second-order valence-electron chi connectivity index (χ2n) is 0.714. The van der Waals surface area contributed by atoms with Gasteiger partial charge < -0.3 is 0 Å². The van der Waals surface area contributed by atoms with Gasteiger partial charge in [0, 0.05) is 0 Å². The second kappa shape index (κ2) is 1.89. The van der Waals surface area contributed by atoms with Crippen molar-refractivity contribution in [3.05, 3.63) is 0 Å². The SMILES string of the molecule is [Cl][Sn-]([Cl])([Cl])([Cl])[Cl]. The molecular weight excluding hydrogens is 296 g/mol. The molecule has 0 aromatic rings. The van der Waals surface area contributed by atoms with Crippen LogP contribution in [-0.2, 0) is 0 Å². The van der Waals surface area contributed by atoms with Crippen molar-refractivity contribution in [2.75, 3.05) is 0 Å². The predicted octanol–water partition coefficient (Wildman–Crippen LogP) is 3.07. The molecule has 0 atom stereocenters. The van der Waals surface area contributed by atoms with Crippen molar-refractivity contribution in [3.63, 3.8) is 0 Å². The van der Waals surface area contributed by atoms with Crippen LogP contribution in [0.15, 0.2) is 0 Å². The quantitative estimate of drug-likeness (QED) is 0.603. The number of hydrogen-bond acceptors (Lipinski definition) is 0. The van der Waals surface area contributed by atoms with Crippen LogP contribution in [0, 0.1) is 0 Å². The molecule has 0 heterocycles. The Hall–Kier alpha value is 2.25. The van der Waals surface area contributed by atoms with Crippen molar-refractivity contribution in [1.29, 1.82) is 0 Å². The Morgan fingerprint density at radius 3 is 0.667 bits per heavy atom. The summed E-state index contributed by atoms with van der Waals surface area (Å²) in [6, 6.07) is 0. The third-order valence-corrected chi connectivity index (χ3v) is 0. The van der Waals surface area contributed by atoms with Gasteiger partial charge in [0.25, 0.3) is 0 Å². The van der Waals surface area contributed by atoms with Crippen molar-refractivity contribution in [3.8, 4) is 0 Å². The van der Waals surface area contributed by atoms with Gasteiger partial charge in [0.15, 0.2) is 0 Å². The average Bonchev–Trinajstić information content (AvgIpc) is 0.650. The molecule has 6 heteroatoms. The third-order valence-electron chi connectivity index (χ3n) is 0. The van der Waals surface area contributed by atoms with Gasteiger partial charge in [-0.05, 0) is 0 Å². The van der Waals surface area contributed by atoms with E-state index in [1.54, 1.807) is 0 Å². The van der Waals surface area contributed by atoms with Crippen LogP contribution in [0.5, 0.6) is 0 Å². The summed E-state index contributed by atoms with van der Waals surface area (Å²) < 4.78 is 0. The molecule has 0 spiro atoms. The molecule has 0 fully saturated rings. The van der Waals surface area contributed by atoms with Gasteiger partial charge in [0.2, 0.25) is 0 Å². The summed E-state index contributed by atoms with van der Waals surface area (Å²) in [7, 11) is 25.3. The maximum atomic E-state index is 5.06. The zero-order chi connectivity index (χ0) is 5.45. The van der Waals surface area contributed by atoms with Crippen LogP contribution in [0.25, 0.3) is 0 Å². The molecule has 0 saturated heterocycles. The van der Waals surface area contributed by atoms with Gasteiger partial charge in [0.05, 0.1) is 0 Å². The van der Waals surface area contributed by atoms with Crippen molar-refractivity contribution in [2.24, 2.45) is 0 Å². The van der Waals surface area contributed by atoms with Crippen molar-refractivity contribution >= 4 is 56.0 Å². The van der Waals surface area contributed by atoms with Crippen LogP contribution < -0.4 is 0 Å². The zero-order valence-corrected chi connectivity index (χ0v) is 9.02. The molecule has 0 amide bonds. The molecular formula is Cl5Sn-. The van der Waals surface area contributed by atoms with E-state index in [2.05, 4.69) is 0 Å².